The Labute approximate surface area is 104 Å². The molecule has 96 valence electrons. The van der Waals surface area contributed by atoms with Crippen LogP contribution >= 0.6 is 0 Å². The average molecular weight is 249 g/mol. The minimum atomic E-state index is -0.981. The van der Waals surface area contributed by atoms with Gasteiger partial charge in [-0.25, -0.2) is 9.78 Å². The van der Waals surface area contributed by atoms with Gasteiger partial charge in [0.25, 0.3) is 0 Å². The maximum Gasteiger partial charge on any atom is 0.407 e. The summed E-state index contributed by atoms with van der Waals surface area (Å²) in [6, 6.07) is 5.55. The number of nitrogens with zero attached hydrogens (tertiary/aromatic N) is 2. The van der Waals surface area contributed by atoms with Crippen LogP contribution in [0.25, 0.3) is 11.0 Å². The highest BCUT2D eigenvalue weighted by molar-refractivity contribution is 5.76. The number of nitrogens with one attached hydrogen (secondary N) is 1. The summed E-state index contributed by atoms with van der Waals surface area (Å²) in [5.41, 5.74) is 1.64. The molecule has 1 heterocycles. The lowest BCUT2D eigenvalue weighted by atomic mass is 10.3. The molecule has 0 fully saturated rings. The molecule has 6 heteroatoms. The van der Waals surface area contributed by atoms with Gasteiger partial charge in [0.15, 0.2) is 0 Å². The van der Waals surface area contributed by atoms with Crippen molar-refractivity contribution in [3.63, 3.8) is 0 Å². The van der Waals surface area contributed by atoms with Gasteiger partial charge in [-0.15, -0.1) is 0 Å². The van der Waals surface area contributed by atoms with Crippen molar-refractivity contribution >= 4 is 17.1 Å². The monoisotopic (exact) mass is 249 g/mol. The topological polar surface area (TPSA) is 78.4 Å². The van der Waals surface area contributed by atoms with E-state index in [1.165, 1.54) is 11.9 Å². The smallest absolute Gasteiger partial charge is 0.407 e. The van der Waals surface area contributed by atoms with Crippen molar-refractivity contribution in [1.82, 2.24) is 14.9 Å². The number of carbonyl (C=O) groups is 1. The number of benzene rings is 1. The van der Waals surface area contributed by atoms with Crippen LogP contribution in [0.15, 0.2) is 18.2 Å². The summed E-state index contributed by atoms with van der Waals surface area (Å²) in [6.45, 7) is 2.76. The number of hydrogen-bond acceptors (Lipinski definition) is 3. The molecule has 0 aliphatic rings. The predicted octanol–water partition coefficient (Wildman–Crippen LogP) is 2.07. The zero-order valence-electron chi connectivity index (χ0n) is 10.3. The predicted molar refractivity (Wildman–Crippen MR) is 66.8 cm³/mol. The maximum absolute atomic E-state index is 10.7. The molecule has 2 aromatic rings. The minimum Gasteiger partial charge on any atom is -0.494 e. The highest BCUT2D eigenvalue weighted by Gasteiger charge is 2.10. The molecule has 0 aliphatic carbocycles. The van der Waals surface area contributed by atoms with E-state index in [-0.39, 0.29) is 6.54 Å². The molecule has 0 spiro atoms. The fourth-order valence-electron chi connectivity index (χ4n) is 1.67. The number of aromatic amines is 1. The van der Waals surface area contributed by atoms with Crippen LogP contribution in [0.4, 0.5) is 4.79 Å². The fraction of sp³-hybridized carbons (Fsp3) is 0.333. The lowest BCUT2D eigenvalue weighted by Gasteiger charge is -2.09. The SMILES string of the molecule is CCOc1ccc2nc(CN(C)C(=O)O)[nH]c2c1. The van der Waals surface area contributed by atoms with Crippen LogP contribution in [-0.2, 0) is 6.54 Å². The molecular formula is C12H15N3O3. The average Bonchev–Trinajstić information content (AvgIpc) is 2.70. The Morgan fingerprint density at radius 3 is 3.00 bits per heavy atom. The Morgan fingerprint density at radius 1 is 1.56 bits per heavy atom. The highest BCUT2D eigenvalue weighted by Crippen LogP contribution is 2.19. The zero-order valence-corrected chi connectivity index (χ0v) is 10.3. The summed E-state index contributed by atoms with van der Waals surface area (Å²) < 4.78 is 5.39. The largest absolute Gasteiger partial charge is 0.494 e. The highest BCUT2D eigenvalue weighted by atomic mass is 16.5. The van der Waals surface area contributed by atoms with E-state index < -0.39 is 6.09 Å². The molecule has 0 saturated carbocycles. The lowest BCUT2D eigenvalue weighted by molar-refractivity contribution is 0.153. The number of rotatable bonds is 4. The van der Waals surface area contributed by atoms with Gasteiger partial charge in [-0.3, -0.25) is 0 Å². The standard InChI is InChI=1S/C12H15N3O3/c1-3-18-8-4-5-9-10(6-8)14-11(13-9)7-15(2)12(16)17/h4-6H,3,7H2,1-2H3,(H,13,14)(H,16,17). The van der Waals surface area contributed by atoms with Crippen molar-refractivity contribution in [1.29, 1.82) is 0 Å². The van der Waals surface area contributed by atoms with Crippen molar-refractivity contribution in [2.24, 2.45) is 0 Å². The van der Waals surface area contributed by atoms with Gasteiger partial charge in [0.2, 0.25) is 0 Å². The molecule has 1 aromatic heterocycles. The van der Waals surface area contributed by atoms with Crippen molar-refractivity contribution in [2.75, 3.05) is 13.7 Å². The molecule has 1 amide bonds. The van der Waals surface area contributed by atoms with E-state index >= 15 is 0 Å². The molecule has 0 radical (unpaired) electrons. The molecule has 2 rings (SSSR count). The molecule has 2 N–H and O–H groups in total. The summed E-state index contributed by atoms with van der Waals surface area (Å²) in [5.74, 6) is 1.38. The van der Waals surface area contributed by atoms with Gasteiger partial charge in [0.1, 0.15) is 11.6 Å². The first kappa shape index (κ1) is 12.2. The second-order valence-electron chi connectivity index (χ2n) is 3.93. The number of carboxylic acid groups (broad SMARTS) is 1. The van der Waals surface area contributed by atoms with Crippen LogP contribution in [0.5, 0.6) is 5.75 Å². The van der Waals surface area contributed by atoms with Crippen LogP contribution in [0.3, 0.4) is 0 Å². The first-order valence-electron chi connectivity index (χ1n) is 5.65. The fourth-order valence-corrected chi connectivity index (χ4v) is 1.67. The molecular weight excluding hydrogens is 234 g/mol. The van der Waals surface area contributed by atoms with Crippen LogP contribution in [-0.4, -0.2) is 39.7 Å². The quantitative estimate of drug-likeness (QED) is 0.869. The van der Waals surface area contributed by atoms with E-state index in [1.807, 2.05) is 25.1 Å². The van der Waals surface area contributed by atoms with Gasteiger partial charge in [-0.1, -0.05) is 0 Å². The second-order valence-corrected chi connectivity index (χ2v) is 3.93. The van der Waals surface area contributed by atoms with Gasteiger partial charge in [-0.2, -0.15) is 0 Å². The molecule has 0 bridgehead atoms. The number of fused-ring (bicyclic) bond motifs is 1. The van der Waals surface area contributed by atoms with E-state index in [4.69, 9.17) is 9.84 Å². The number of hydrogen-bond donors (Lipinski definition) is 2. The normalized spacial score (nSPS) is 10.6. The Hall–Kier alpha value is -2.24. The third kappa shape index (κ3) is 2.53. The van der Waals surface area contributed by atoms with Crippen molar-refractivity contribution in [3.8, 4) is 5.75 Å². The lowest BCUT2D eigenvalue weighted by Crippen LogP contribution is -2.24. The van der Waals surface area contributed by atoms with Crippen LogP contribution < -0.4 is 4.74 Å². The summed E-state index contributed by atoms with van der Waals surface area (Å²) in [5, 5.41) is 8.80. The maximum atomic E-state index is 10.7. The van der Waals surface area contributed by atoms with Crippen molar-refractivity contribution < 1.29 is 14.6 Å². The third-order valence-corrected chi connectivity index (χ3v) is 2.53. The second kappa shape index (κ2) is 4.95. The van der Waals surface area contributed by atoms with Gasteiger partial charge in [0.05, 0.1) is 24.2 Å². The van der Waals surface area contributed by atoms with E-state index in [0.717, 1.165) is 16.8 Å². The van der Waals surface area contributed by atoms with Gasteiger partial charge in [-0.05, 0) is 19.1 Å². The van der Waals surface area contributed by atoms with Gasteiger partial charge in [0, 0.05) is 13.1 Å². The number of aromatic nitrogens is 2. The first-order chi connectivity index (χ1) is 8.60. The Kier molecular flexibility index (Phi) is 3.36. The molecule has 0 aliphatic heterocycles. The van der Waals surface area contributed by atoms with Gasteiger partial charge < -0.3 is 19.7 Å². The molecule has 18 heavy (non-hydrogen) atoms. The molecule has 6 nitrogen and oxygen atoms in total. The number of amides is 1. The van der Waals surface area contributed by atoms with Crippen molar-refractivity contribution in [2.45, 2.75) is 13.5 Å². The Bertz CT molecular complexity index is 565. The van der Waals surface area contributed by atoms with Crippen LogP contribution in [0.2, 0.25) is 0 Å². The summed E-state index contributed by atoms with van der Waals surface area (Å²) >= 11 is 0. The number of ether oxygens (including phenoxy) is 1. The summed E-state index contributed by atoms with van der Waals surface area (Å²) in [6.07, 6.45) is -0.981. The van der Waals surface area contributed by atoms with Crippen LogP contribution in [0.1, 0.15) is 12.7 Å². The van der Waals surface area contributed by atoms with Crippen molar-refractivity contribution in [3.05, 3.63) is 24.0 Å². The Morgan fingerprint density at radius 2 is 2.33 bits per heavy atom. The molecule has 0 atom stereocenters. The summed E-state index contributed by atoms with van der Waals surface area (Å²) in [7, 11) is 1.50. The van der Waals surface area contributed by atoms with E-state index in [1.54, 1.807) is 0 Å². The van der Waals surface area contributed by atoms with E-state index in [0.29, 0.717) is 12.4 Å². The zero-order chi connectivity index (χ0) is 13.1. The third-order valence-electron chi connectivity index (χ3n) is 2.53. The van der Waals surface area contributed by atoms with Gasteiger partial charge >= 0.3 is 6.09 Å². The number of imidazole rings is 1. The van der Waals surface area contributed by atoms with Crippen LogP contribution in [0, 0.1) is 0 Å². The van der Waals surface area contributed by atoms with E-state index in [2.05, 4.69) is 9.97 Å². The van der Waals surface area contributed by atoms with E-state index in [9.17, 15) is 4.79 Å². The minimum absolute atomic E-state index is 0.230. The number of H-pyrrole nitrogens is 1. The molecule has 0 saturated heterocycles. The first-order valence-corrected chi connectivity index (χ1v) is 5.65. The molecule has 0 unspecified atom stereocenters. The molecule has 1 aromatic carbocycles. The Balaban J connectivity index is 2.24. The summed E-state index contributed by atoms with van der Waals surface area (Å²) in [4.78, 5) is 19.3.